The zero-order chi connectivity index (χ0) is 15.2. The molecule has 0 unspecified atom stereocenters. The number of nitrogens with zero attached hydrogens (tertiary/aromatic N) is 4. The Balaban J connectivity index is 0.00000156. The second-order valence-corrected chi connectivity index (χ2v) is 8.81. The maximum absolute atomic E-state index is 11.6. The molecule has 0 spiro atoms. The smallest absolute Gasteiger partial charge is 0.230 e. The number of anilines is 2. The number of halogens is 1. The Morgan fingerprint density at radius 2 is 1.70 bits per heavy atom. The van der Waals surface area contributed by atoms with Gasteiger partial charge in [0, 0.05) is 25.0 Å². The van der Waals surface area contributed by atoms with E-state index in [1.807, 2.05) is 4.90 Å². The number of aromatic nitrogens is 3. The van der Waals surface area contributed by atoms with Crippen molar-refractivity contribution < 1.29 is 8.42 Å². The van der Waals surface area contributed by atoms with Crippen LogP contribution in [0.4, 0.5) is 11.9 Å². The topological polar surface area (TPSA) is 88.1 Å². The molecule has 2 aliphatic carbocycles. The van der Waals surface area contributed by atoms with E-state index >= 15 is 0 Å². The average molecular weight is 360 g/mol. The summed E-state index contributed by atoms with van der Waals surface area (Å²) in [5, 5.41) is 3.35. The summed E-state index contributed by atoms with van der Waals surface area (Å²) in [6.45, 7) is 0.943. The molecule has 7 nitrogen and oxygen atoms in total. The summed E-state index contributed by atoms with van der Waals surface area (Å²) in [5.74, 6) is 2.96. The summed E-state index contributed by atoms with van der Waals surface area (Å²) in [6.07, 6.45) is 5.85. The average Bonchev–Trinajstić information content (AvgIpc) is 3.20. The Hall–Kier alpha value is -1.15. The molecule has 2 heterocycles. The maximum atomic E-state index is 11.6. The fourth-order valence-electron chi connectivity index (χ4n) is 2.76. The largest absolute Gasteiger partial charge is 0.351 e. The Bertz CT molecular complexity index is 662. The van der Waals surface area contributed by atoms with E-state index in [1.165, 1.54) is 19.3 Å². The third-order valence-corrected chi connectivity index (χ3v) is 6.26. The second kappa shape index (κ2) is 6.39. The minimum absolute atomic E-state index is 0. The highest BCUT2D eigenvalue weighted by atomic mass is 35.5. The molecule has 0 aromatic carbocycles. The quantitative estimate of drug-likeness (QED) is 0.868. The molecule has 1 aromatic heterocycles. The van der Waals surface area contributed by atoms with Crippen LogP contribution in [0.2, 0.25) is 0 Å². The van der Waals surface area contributed by atoms with Gasteiger partial charge in [0.15, 0.2) is 9.84 Å². The lowest BCUT2D eigenvalue weighted by molar-refractivity contribution is 0.400. The van der Waals surface area contributed by atoms with Gasteiger partial charge in [-0.25, -0.2) is 8.42 Å². The number of sulfone groups is 1. The van der Waals surface area contributed by atoms with E-state index in [2.05, 4.69) is 20.3 Å². The van der Waals surface area contributed by atoms with Crippen molar-refractivity contribution in [2.45, 2.75) is 44.1 Å². The second-order valence-electron chi connectivity index (χ2n) is 6.50. The van der Waals surface area contributed by atoms with Gasteiger partial charge >= 0.3 is 0 Å². The highest BCUT2D eigenvalue weighted by Gasteiger charge is 2.29. The first-order valence-electron chi connectivity index (χ1n) is 8.07. The summed E-state index contributed by atoms with van der Waals surface area (Å²) in [6, 6.07) is 0.492. The molecule has 0 atom stereocenters. The van der Waals surface area contributed by atoms with Crippen LogP contribution in [-0.4, -0.2) is 54.0 Å². The first-order valence-corrected chi connectivity index (χ1v) is 9.89. The monoisotopic (exact) mass is 359 g/mol. The third kappa shape index (κ3) is 3.85. The molecule has 3 fully saturated rings. The molecule has 0 radical (unpaired) electrons. The van der Waals surface area contributed by atoms with Gasteiger partial charge in [0.2, 0.25) is 11.9 Å². The highest BCUT2D eigenvalue weighted by Crippen LogP contribution is 2.35. The van der Waals surface area contributed by atoms with Crippen molar-refractivity contribution in [3.8, 4) is 0 Å². The molecule has 4 rings (SSSR count). The third-order valence-electron chi connectivity index (χ3n) is 4.65. The van der Waals surface area contributed by atoms with Gasteiger partial charge in [-0.1, -0.05) is 6.42 Å². The standard InChI is InChI=1S/C14H21N5O2S.ClH/c20-22(21)8-6-19(7-9-22)14-17-12(10-2-1-3-10)16-13(18-14)15-11-4-5-11;/h10-11H,1-9H2,(H,15,16,17,18);1H. The molecule has 23 heavy (non-hydrogen) atoms. The first-order chi connectivity index (χ1) is 10.6. The molecule has 1 aromatic rings. The molecule has 0 bridgehead atoms. The van der Waals surface area contributed by atoms with Gasteiger partial charge in [0.05, 0.1) is 11.5 Å². The van der Waals surface area contributed by atoms with Crippen molar-refractivity contribution in [1.82, 2.24) is 15.0 Å². The minimum Gasteiger partial charge on any atom is -0.351 e. The Morgan fingerprint density at radius 1 is 1.00 bits per heavy atom. The molecule has 9 heteroatoms. The van der Waals surface area contributed by atoms with Gasteiger partial charge in [-0.05, 0) is 25.7 Å². The molecule has 3 aliphatic rings. The van der Waals surface area contributed by atoms with E-state index < -0.39 is 9.84 Å². The Morgan fingerprint density at radius 3 is 2.26 bits per heavy atom. The van der Waals surface area contributed by atoms with Gasteiger partial charge < -0.3 is 10.2 Å². The van der Waals surface area contributed by atoms with Crippen molar-refractivity contribution in [3.63, 3.8) is 0 Å². The zero-order valence-electron chi connectivity index (χ0n) is 12.9. The van der Waals surface area contributed by atoms with Crippen LogP contribution in [0.1, 0.15) is 43.8 Å². The van der Waals surface area contributed by atoms with Crippen molar-refractivity contribution in [1.29, 1.82) is 0 Å². The van der Waals surface area contributed by atoms with Crippen molar-refractivity contribution in [2.24, 2.45) is 0 Å². The van der Waals surface area contributed by atoms with Gasteiger partial charge in [-0.2, -0.15) is 15.0 Å². The summed E-state index contributed by atoms with van der Waals surface area (Å²) >= 11 is 0. The lowest BCUT2D eigenvalue weighted by Crippen LogP contribution is -2.41. The van der Waals surface area contributed by atoms with Crippen molar-refractivity contribution in [3.05, 3.63) is 5.82 Å². The molecular formula is C14H22ClN5O2S. The lowest BCUT2D eigenvalue weighted by atomic mass is 9.85. The van der Waals surface area contributed by atoms with Crippen LogP contribution in [0, 0.1) is 0 Å². The van der Waals surface area contributed by atoms with Crippen LogP contribution in [0.15, 0.2) is 0 Å². The summed E-state index contributed by atoms with van der Waals surface area (Å²) in [5.41, 5.74) is 0. The summed E-state index contributed by atoms with van der Waals surface area (Å²) in [7, 11) is -2.89. The predicted octanol–water partition coefficient (Wildman–Crippen LogP) is 1.37. The van der Waals surface area contributed by atoms with E-state index in [1.54, 1.807) is 0 Å². The number of hydrogen-bond acceptors (Lipinski definition) is 7. The molecule has 1 N–H and O–H groups in total. The van der Waals surface area contributed by atoms with Crippen molar-refractivity contribution >= 4 is 34.1 Å². The molecular weight excluding hydrogens is 338 g/mol. The van der Waals surface area contributed by atoms with Crippen LogP contribution in [-0.2, 0) is 9.84 Å². The Labute approximate surface area is 142 Å². The fraction of sp³-hybridized carbons (Fsp3) is 0.786. The number of hydrogen-bond donors (Lipinski definition) is 1. The van der Waals surface area contributed by atoms with Gasteiger partial charge in [0.1, 0.15) is 5.82 Å². The van der Waals surface area contributed by atoms with Crippen LogP contribution in [0.5, 0.6) is 0 Å². The van der Waals surface area contributed by atoms with Crippen LogP contribution < -0.4 is 10.2 Å². The normalized spacial score (nSPS) is 23.7. The van der Waals surface area contributed by atoms with E-state index in [-0.39, 0.29) is 23.9 Å². The fourth-order valence-corrected chi connectivity index (χ4v) is 3.96. The summed E-state index contributed by atoms with van der Waals surface area (Å²) < 4.78 is 23.2. The van der Waals surface area contributed by atoms with E-state index in [4.69, 9.17) is 0 Å². The van der Waals surface area contributed by atoms with Crippen LogP contribution in [0.25, 0.3) is 0 Å². The SMILES string of the molecule is Cl.O=S1(=O)CCN(c2nc(NC3CC3)nc(C3CCC3)n2)CC1. The maximum Gasteiger partial charge on any atom is 0.230 e. The molecule has 128 valence electrons. The lowest BCUT2D eigenvalue weighted by Gasteiger charge is -2.29. The summed E-state index contributed by atoms with van der Waals surface area (Å²) in [4.78, 5) is 15.7. The van der Waals surface area contributed by atoms with Crippen LogP contribution in [0.3, 0.4) is 0 Å². The number of rotatable bonds is 4. The molecule has 2 saturated carbocycles. The van der Waals surface area contributed by atoms with E-state index in [0.29, 0.717) is 36.9 Å². The van der Waals surface area contributed by atoms with Gasteiger partial charge in [-0.15, -0.1) is 12.4 Å². The van der Waals surface area contributed by atoms with Gasteiger partial charge in [-0.3, -0.25) is 0 Å². The Kier molecular flexibility index (Phi) is 4.64. The minimum atomic E-state index is -2.89. The van der Waals surface area contributed by atoms with Crippen molar-refractivity contribution in [2.75, 3.05) is 34.8 Å². The predicted molar refractivity (Wildman–Crippen MR) is 91.2 cm³/mol. The molecule has 1 aliphatic heterocycles. The first kappa shape index (κ1) is 16.7. The molecule has 0 amide bonds. The molecule has 1 saturated heterocycles. The van der Waals surface area contributed by atoms with Crippen LogP contribution >= 0.6 is 12.4 Å². The van der Waals surface area contributed by atoms with Gasteiger partial charge in [0.25, 0.3) is 0 Å². The van der Waals surface area contributed by atoms with E-state index in [9.17, 15) is 8.42 Å². The van der Waals surface area contributed by atoms with E-state index in [0.717, 1.165) is 18.7 Å². The highest BCUT2D eigenvalue weighted by molar-refractivity contribution is 7.91. The number of nitrogens with one attached hydrogen (secondary N) is 1. The zero-order valence-corrected chi connectivity index (χ0v) is 14.6.